The van der Waals surface area contributed by atoms with Crippen LogP contribution in [-0.4, -0.2) is 36.9 Å². The first-order valence-electron chi connectivity index (χ1n) is 9.85. The maximum absolute atomic E-state index is 12.3. The lowest BCUT2D eigenvalue weighted by Crippen LogP contribution is -2.30. The van der Waals surface area contributed by atoms with Gasteiger partial charge in [0, 0.05) is 11.1 Å². The molecule has 0 amide bonds. The first kappa shape index (κ1) is 23.3. The van der Waals surface area contributed by atoms with Gasteiger partial charge in [-0.2, -0.15) is 9.71 Å². The summed E-state index contributed by atoms with van der Waals surface area (Å²) in [6, 6.07) is 13.1. The number of benzene rings is 2. The molecule has 0 saturated heterocycles. The Kier molecular flexibility index (Phi) is 7.16. The van der Waals surface area contributed by atoms with E-state index >= 15 is 0 Å². The highest BCUT2D eigenvalue weighted by molar-refractivity contribution is 7.89. The molecular formula is C22H23N3O6S. The lowest BCUT2D eigenvalue weighted by Gasteiger charge is -2.07. The molecule has 3 aromatic rings. The minimum Gasteiger partial charge on any atom is -0.455 e. The van der Waals surface area contributed by atoms with E-state index in [1.54, 1.807) is 0 Å². The summed E-state index contributed by atoms with van der Waals surface area (Å²) < 4.78 is 36.8. The molecule has 0 bridgehead atoms. The van der Waals surface area contributed by atoms with Crippen molar-refractivity contribution < 1.29 is 27.3 Å². The molecule has 1 heterocycles. The molecule has 9 nitrogen and oxygen atoms in total. The average Bonchev–Trinajstić information content (AvgIpc) is 3.25. The van der Waals surface area contributed by atoms with Gasteiger partial charge >= 0.3 is 5.97 Å². The smallest absolute Gasteiger partial charge is 0.321 e. The van der Waals surface area contributed by atoms with Crippen LogP contribution in [0.4, 0.5) is 0 Å². The second-order valence-corrected chi connectivity index (χ2v) is 9.12. The summed E-state index contributed by atoms with van der Waals surface area (Å²) >= 11 is 0. The quantitative estimate of drug-likeness (QED) is 0.383. The maximum atomic E-state index is 12.3. The van der Waals surface area contributed by atoms with Crippen molar-refractivity contribution in [3.63, 3.8) is 0 Å². The van der Waals surface area contributed by atoms with E-state index < -0.39 is 22.5 Å². The zero-order chi connectivity index (χ0) is 23.3. The maximum Gasteiger partial charge on any atom is 0.321 e. The summed E-state index contributed by atoms with van der Waals surface area (Å²) in [6.07, 6.45) is 0. The zero-order valence-corrected chi connectivity index (χ0v) is 18.7. The van der Waals surface area contributed by atoms with E-state index in [0.717, 1.165) is 5.56 Å². The monoisotopic (exact) mass is 457 g/mol. The Bertz CT molecular complexity index is 1200. The third-order valence-electron chi connectivity index (χ3n) is 4.64. The summed E-state index contributed by atoms with van der Waals surface area (Å²) in [5.41, 5.74) is 2.33. The van der Waals surface area contributed by atoms with Crippen molar-refractivity contribution in [1.29, 1.82) is 0 Å². The molecule has 0 radical (unpaired) electrons. The van der Waals surface area contributed by atoms with Crippen LogP contribution in [0.25, 0.3) is 11.4 Å². The summed E-state index contributed by atoms with van der Waals surface area (Å²) in [4.78, 5) is 27.3. The number of rotatable bonds is 9. The number of sulfonamides is 1. The summed E-state index contributed by atoms with van der Waals surface area (Å²) in [7, 11) is -3.94. The zero-order valence-electron chi connectivity index (χ0n) is 17.9. The van der Waals surface area contributed by atoms with Crippen molar-refractivity contribution in [1.82, 2.24) is 14.9 Å². The van der Waals surface area contributed by atoms with Gasteiger partial charge < -0.3 is 9.26 Å². The minimum absolute atomic E-state index is 0.0691. The van der Waals surface area contributed by atoms with E-state index in [0.29, 0.717) is 17.3 Å². The second-order valence-electron chi connectivity index (χ2n) is 7.35. The molecule has 168 valence electrons. The Morgan fingerprint density at radius 2 is 1.72 bits per heavy atom. The van der Waals surface area contributed by atoms with E-state index in [1.807, 2.05) is 24.3 Å². The van der Waals surface area contributed by atoms with Gasteiger partial charge in [-0.05, 0) is 30.5 Å². The first-order valence-corrected chi connectivity index (χ1v) is 11.3. The Hall–Kier alpha value is -3.37. The van der Waals surface area contributed by atoms with Gasteiger partial charge in [-0.15, -0.1) is 0 Å². The SMILES string of the molecule is CC(=O)c1ccc(S(=O)(=O)NCC(=O)OCc2nc(-c3ccc(C(C)C)cc3)no2)cc1. The lowest BCUT2D eigenvalue weighted by atomic mass is 10.0. The van der Waals surface area contributed by atoms with Gasteiger partial charge in [0.25, 0.3) is 5.89 Å². The third kappa shape index (κ3) is 5.86. The van der Waals surface area contributed by atoms with Crippen molar-refractivity contribution in [2.24, 2.45) is 0 Å². The predicted octanol–water partition coefficient (Wildman–Crippen LogP) is 3.08. The van der Waals surface area contributed by atoms with Crippen molar-refractivity contribution >= 4 is 21.8 Å². The van der Waals surface area contributed by atoms with Gasteiger partial charge in [0.15, 0.2) is 12.4 Å². The van der Waals surface area contributed by atoms with Gasteiger partial charge in [-0.1, -0.05) is 55.4 Å². The lowest BCUT2D eigenvalue weighted by molar-refractivity contribution is -0.144. The highest BCUT2D eigenvalue weighted by Gasteiger charge is 2.17. The first-order chi connectivity index (χ1) is 15.2. The van der Waals surface area contributed by atoms with E-state index in [-0.39, 0.29) is 23.2 Å². The van der Waals surface area contributed by atoms with E-state index in [2.05, 4.69) is 28.7 Å². The van der Waals surface area contributed by atoms with Gasteiger partial charge in [0.05, 0.1) is 4.90 Å². The fourth-order valence-corrected chi connectivity index (χ4v) is 3.72. The Morgan fingerprint density at radius 1 is 1.06 bits per heavy atom. The number of carbonyl (C=O) groups excluding carboxylic acids is 2. The summed E-state index contributed by atoms with van der Waals surface area (Å²) in [5.74, 6) is -0.135. The van der Waals surface area contributed by atoms with Crippen LogP contribution in [0.15, 0.2) is 57.9 Å². The molecule has 0 saturated carbocycles. The fraction of sp³-hybridized carbons (Fsp3) is 0.273. The van der Waals surface area contributed by atoms with Crippen molar-refractivity contribution in [3.05, 3.63) is 65.5 Å². The molecule has 0 fully saturated rings. The Balaban J connectivity index is 1.52. The molecule has 1 N–H and O–H groups in total. The predicted molar refractivity (Wildman–Crippen MR) is 115 cm³/mol. The number of hydrogen-bond acceptors (Lipinski definition) is 8. The van der Waals surface area contributed by atoms with E-state index in [1.165, 1.54) is 36.8 Å². The molecule has 10 heteroatoms. The van der Waals surface area contributed by atoms with Crippen LogP contribution in [0.5, 0.6) is 0 Å². The van der Waals surface area contributed by atoms with E-state index in [4.69, 9.17) is 9.26 Å². The number of nitrogens with one attached hydrogen (secondary N) is 1. The van der Waals surface area contributed by atoms with Gasteiger partial charge in [0.1, 0.15) is 6.54 Å². The van der Waals surface area contributed by atoms with Crippen molar-refractivity contribution in [2.75, 3.05) is 6.54 Å². The molecule has 32 heavy (non-hydrogen) atoms. The molecule has 2 aromatic carbocycles. The highest BCUT2D eigenvalue weighted by atomic mass is 32.2. The average molecular weight is 458 g/mol. The molecule has 0 atom stereocenters. The van der Waals surface area contributed by atoms with Crippen molar-refractivity contribution in [3.8, 4) is 11.4 Å². The molecule has 0 aliphatic heterocycles. The number of esters is 1. The van der Waals surface area contributed by atoms with Crippen LogP contribution >= 0.6 is 0 Å². The number of Topliss-reactive ketones (excluding diaryl/α,β-unsaturated/α-hetero) is 1. The molecular weight excluding hydrogens is 434 g/mol. The van der Waals surface area contributed by atoms with Crippen LogP contribution in [0.3, 0.4) is 0 Å². The molecule has 3 rings (SSSR count). The number of nitrogens with zero attached hydrogens (tertiary/aromatic N) is 2. The van der Waals surface area contributed by atoms with E-state index in [9.17, 15) is 18.0 Å². The fourth-order valence-electron chi connectivity index (χ4n) is 2.75. The van der Waals surface area contributed by atoms with Gasteiger partial charge in [-0.25, -0.2) is 8.42 Å². The Labute approximate surface area is 185 Å². The number of ketones is 1. The normalized spacial score (nSPS) is 11.5. The minimum atomic E-state index is -3.94. The van der Waals surface area contributed by atoms with Gasteiger partial charge in [-0.3, -0.25) is 9.59 Å². The Morgan fingerprint density at radius 3 is 2.31 bits per heavy atom. The molecule has 0 aliphatic carbocycles. The number of aromatic nitrogens is 2. The second kappa shape index (κ2) is 9.84. The van der Waals surface area contributed by atoms with Crippen molar-refractivity contribution in [2.45, 2.75) is 38.2 Å². The highest BCUT2D eigenvalue weighted by Crippen LogP contribution is 2.20. The standard InChI is InChI=1S/C22H23N3O6S/c1-14(2)16-4-6-18(7-5-16)22-24-20(31-25-22)13-30-21(27)12-23-32(28,29)19-10-8-17(9-11-19)15(3)26/h4-11,14,23H,12-13H2,1-3H3. The van der Waals surface area contributed by atoms with Crippen LogP contribution in [0, 0.1) is 0 Å². The topological polar surface area (TPSA) is 128 Å². The number of ether oxygens (including phenoxy) is 1. The van der Waals surface area contributed by atoms with Gasteiger partial charge in [0.2, 0.25) is 15.8 Å². The van der Waals surface area contributed by atoms with Crippen LogP contribution in [-0.2, 0) is 26.2 Å². The third-order valence-corrected chi connectivity index (χ3v) is 6.06. The molecule has 0 spiro atoms. The van der Waals surface area contributed by atoms with Crippen LogP contribution < -0.4 is 4.72 Å². The summed E-state index contributed by atoms with van der Waals surface area (Å²) in [6.45, 7) is 4.71. The number of hydrogen-bond donors (Lipinski definition) is 1. The molecule has 1 aromatic heterocycles. The van der Waals surface area contributed by atoms with Crippen LogP contribution in [0.2, 0.25) is 0 Å². The summed E-state index contributed by atoms with van der Waals surface area (Å²) in [5, 5.41) is 3.87. The number of carbonyl (C=O) groups is 2. The molecule has 0 unspecified atom stereocenters. The largest absolute Gasteiger partial charge is 0.455 e. The molecule has 0 aliphatic rings. The van der Waals surface area contributed by atoms with Crippen LogP contribution in [0.1, 0.15) is 48.5 Å².